The van der Waals surface area contributed by atoms with Crippen molar-refractivity contribution in [2.75, 3.05) is 19.6 Å². The molecule has 1 aliphatic heterocycles. The number of nitrogens with zero attached hydrogens (tertiary/aromatic N) is 2. The molecule has 0 bridgehead atoms. The van der Waals surface area contributed by atoms with Crippen LogP contribution in [0.3, 0.4) is 0 Å². The topological polar surface area (TPSA) is 34.2 Å². The molecule has 1 fully saturated rings. The van der Waals surface area contributed by atoms with Gasteiger partial charge in [-0.25, -0.2) is 4.39 Å². The summed E-state index contributed by atoms with van der Waals surface area (Å²) in [5.41, 5.74) is 11.6. The number of allylic oxidation sites excluding steroid dienone is 1. The molecule has 1 aromatic heterocycles. The summed E-state index contributed by atoms with van der Waals surface area (Å²) >= 11 is 0. The molecule has 3 nitrogen and oxygen atoms in total. The summed E-state index contributed by atoms with van der Waals surface area (Å²) in [5.74, 6) is 0.490. The predicted octanol–water partition coefficient (Wildman–Crippen LogP) is 5.85. The SMILES string of the molecule is C=C(CC)c1ccc(Cc2cn(CC3CCN(CC(C)N)CC3)c3cccc(F)c23)cc1. The van der Waals surface area contributed by atoms with Gasteiger partial charge in [0.1, 0.15) is 5.82 Å². The molecular formula is C28H36FN3. The van der Waals surface area contributed by atoms with E-state index >= 15 is 0 Å². The lowest BCUT2D eigenvalue weighted by Gasteiger charge is -2.33. The van der Waals surface area contributed by atoms with Gasteiger partial charge < -0.3 is 15.2 Å². The van der Waals surface area contributed by atoms with E-state index in [-0.39, 0.29) is 11.9 Å². The van der Waals surface area contributed by atoms with Crippen LogP contribution in [-0.4, -0.2) is 35.1 Å². The number of hydrogen-bond acceptors (Lipinski definition) is 2. The first kappa shape index (κ1) is 22.8. The van der Waals surface area contributed by atoms with E-state index in [0.717, 1.165) is 61.1 Å². The first-order valence-corrected chi connectivity index (χ1v) is 12.0. The van der Waals surface area contributed by atoms with Crippen LogP contribution in [-0.2, 0) is 13.0 Å². The van der Waals surface area contributed by atoms with Gasteiger partial charge in [0.2, 0.25) is 0 Å². The van der Waals surface area contributed by atoms with E-state index < -0.39 is 0 Å². The van der Waals surface area contributed by atoms with Gasteiger partial charge in [0.25, 0.3) is 0 Å². The van der Waals surface area contributed by atoms with E-state index in [2.05, 4.69) is 66.4 Å². The molecule has 0 saturated carbocycles. The van der Waals surface area contributed by atoms with Gasteiger partial charge in [0, 0.05) is 30.7 Å². The second-order valence-corrected chi connectivity index (χ2v) is 9.49. The number of aromatic nitrogens is 1. The van der Waals surface area contributed by atoms with Crippen LogP contribution in [0, 0.1) is 11.7 Å². The minimum absolute atomic E-state index is 0.126. The smallest absolute Gasteiger partial charge is 0.132 e. The zero-order valence-electron chi connectivity index (χ0n) is 19.5. The van der Waals surface area contributed by atoms with E-state index in [1.165, 1.54) is 24.0 Å². The van der Waals surface area contributed by atoms with Gasteiger partial charge in [-0.3, -0.25) is 0 Å². The molecule has 2 aromatic carbocycles. The molecule has 0 amide bonds. The maximum Gasteiger partial charge on any atom is 0.132 e. The van der Waals surface area contributed by atoms with Crippen LogP contribution in [0.25, 0.3) is 16.5 Å². The molecular weight excluding hydrogens is 397 g/mol. The maximum atomic E-state index is 14.9. The summed E-state index contributed by atoms with van der Waals surface area (Å²) in [4.78, 5) is 2.47. The van der Waals surface area contributed by atoms with Gasteiger partial charge in [-0.1, -0.05) is 43.8 Å². The zero-order valence-corrected chi connectivity index (χ0v) is 19.5. The summed E-state index contributed by atoms with van der Waals surface area (Å²) in [6.07, 6.45) is 6.19. The second kappa shape index (κ2) is 10.0. The van der Waals surface area contributed by atoms with E-state index in [0.29, 0.717) is 5.92 Å². The van der Waals surface area contributed by atoms with E-state index in [1.54, 1.807) is 6.07 Å². The Kier molecular flexibility index (Phi) is 7.12. The van der Waals surface area contributed by atoms with Crippen molar-refractivity contribution < 1.29 is 4.39 Å². The maximum absolute atomic E-state index is 14.9. The minimum atomic E-state index is -0.126. The lowest BCUT2D eigenvalue weighted by molar-refractivity contribution is 0.168. The third kappa shape index (κ3) is 5.13. The first-order chi connectivity index (χ1) is 15.4. The van der Waals surface area contributed by atoms with Crippen LogP contribution >= 0.6 is 0 Å². The predicted molar refractivity (Wildman–Crippen MR) is 133 cm³/mol. The van der Waals surface area contributed by atoms with Crippen molar-refractivity contribution in [3.05, 3.63) is 77.7 Å². The molecule has 32 heavy (non-hydrogen) atoms. The molecule has 1 saturated heterocycles. The molecule has 0 radical (unpaired) electrons. The van der Waals surface area contributed by atoms with Gasteiger partial charge in [-0.15, -0.1) is 0 Å². The first-order valence-electron chi connectivity index (χ1n) is 12.0. The number of rotatable bonds is 8. The highest BCUT2D eigenvalue weighted by Gasteiger charge is 2.22. The summed E-state index contributed by atoms with van der Waals surface area (Å²) in [5, 5.41) is 0.768. The summed E-state index contributed by atoms with van der Waals surface area (Å²) in [7, 11) is 0. The number of halogens is 1. The van der Waals surface area contributed by atoms with Crippen LogP contribution in [0.1, 0.15) is 49.8 Å². The Bertz CT molecular complexity index is 1060. The fraction of sp³-hybridized carbons (Fsp3) is 0.429. The van der Waals surface area contributed by atoms with Crippen molar-refractivity contribution in [2.45, 2.75) is 52.1 Å². The Morgan fingerprint density at radius 1 is 1.16 bits per heavy atom. The highest BCUT2D eigenvalue weighted by Crippen LogP contribution is 2.29. The Morgan fingerprint density at radius 2 is 1.88 bits per heavy atom. The molecule has 1 unspecified atom stereocenters. The number of piperidine rings is 1. The summed E-state index contributed by atoms with van der Waals surface area (Å²) in [6.45, 7) is 12.4. The van der Waals surface area contributed by atoms with Gasteiger partial charge >= 0.3 is 0 Å². The van der Waals surface area contributed by atoms with Crippen LogP contribution in [0.15, 0.2) is 55.2 Å². The average molecular weight is 434 g/mol. The van der Waals surface area contributed by atoms with Gasteiger partial charge in [0.15, 0.2) is 0 Å². The van der Waals surface area contributed by atoms with Crippen molar-refractivity contribution in [2.24, 2.45) is 11.7 Å². The zero-order chi connectivity index (χ0) is 22.7. The number of nitrogens with two attached hydrogens (primary N) is 1. The van der Waals surface area contributed by atoms with E-state index in [4.69, 9.17) is 5.73 Å². The number of fused-ring (bicyclic) bond motifs is 1. The lowest BCUT2D eigenvalue weighted by Crippen LogP contribution is -2.41. The Labute approximate surface area is 191 Å². The van der Waals surface area contributed by atoms with E-state index in [9.17, 15) is 4.39 Å². The molecule has 4 heteroatoms. The molecule has 0 aliphatic carbocycles. The Morgan fingerprint density at radius 3 is 2.53 bits per heavy atom. The molecule has 4 rings (SSSR count). The average Bonchev–Trinajstić information content (AvgIpc) is 3.13. The summed E-state index contributed by atoms with van der Waals surface area (Å²) in [6, 6.07) is 14.2. The Hall–Kier alpha value is -2.43. The van der Waals surface area contributed by atoms with E-state index in [1.807, 2.05) is 6.07 Å². The molecule has 1 aliphatic rings. The standard InChI is InChI=1S/C28H36FN3/c1-4-20(2)24-10-8-22(9-11-24)16-25-19-32(27-7-5-6-26(29)28(25)27)18-23-12-14-31(15-13-23)17-21(3)30/h5-11,19,21,23H,2,4,12-18,30H2,1,3H3. The van der Waals surface area contributed by atoms with Crippen molar-refractivity contribution >= 4 is 16.5 Å². The monoisotopic (exact) mass is 433 g/mol. The third-order valence-electron chi connectivity index (χ3n) is 6.83. The lowest BCUT2D eigenvalue weighted by atomic mass is 9.96. The van der Waals surface area contributed by atoms with Crippen molar-refractivity contribution in [1.82, 2.24) is 9.47 Å². The molecule has 3 aromatic rings. The van der Waals surface area contributed by atoms with Crippen LogP contribution < -0.4 is 5.73 Å². The number of likely N-dealkylation sites (tertiary alicyclic amines) is 1. The fourth-order valence-corrected chi connectivity index (χ4v) is 5.00. The highest BCUT2D eigenvalue weighted by molar-refractivity contribution is 5.85. The van der Waals surface area contributed by atoms with Crippen LogP contribution in [0.2, 0.25) is 0 Å². The fourth-order valence-electron chi connectivity index (χ4n) is 5.00. The third-order valence-corrected chi connectivity index (χ3v) is 6.83. The van der Waals surface area contributed by atoms with Crippen molar-refractivity contribution in [3.8, 4) is 0 Å². The molecule has 2 heterocycles. The Balaban J connectivity index is 1.53. The highest BCUT2D eigenvalue weighted by atomic mass is 19.1. The molecule has 2 N–H and O–H groups in total. The van der Waals surface area contributed by atoms with Crippen LogP contribution in [0.5, 0.6) is 0 Å². The van der Waals surface area contributed by atoms with Gasteiger partial charge in [-0.05, 0) is 86.0 Å². The van der Waals surface area contributed by atoms with Gasteiger partial charge in [0.05, 0.1) is 5.52 Å². The molecule has 1 atom stereocenters. The normalized spacial score (nSPS) is 16.5. The molecule has 170 valence electrons. The molecule has 0 spiro atoms. The largest absolute Gasteiger partial charge is 0.347 e. The summed E-state index contributed by atoms with van der Waals surface area (Å²) < 4.78 is 17.2. The second-order valence-electron chi connectivity index (χ2n) is 9.49. The number of benzene rings is 2. The van der Waals surface area contributed by atoms with Gasteiger partial charge in [-0.2, -0.15) is 0 Å². The minimum Gasteiger partial charge on any atom is -0.347 e. The van der Waals surface area contributed by atoms with Crippen molar-refractivity contribution in [3.63, 3.8) is 0 Å². The van der Waals surface area contributed by atoms with Crippen LogP contribution in [0.4, 0.5) is 4.39 Å². The number of hydrogen-bond donors (Lipinski definition) is 1. The quantitative estimate of drug-likeness (QED) is 0.483. The van der Waals surface area contributed by atoms with Crippen molar-refractivity contribution in [1.29, 1.82) is 0 Å².